The lowest BCUT2D eigenvalue weighted by molar-refractivity contribution is 0.0932. The van der Waals surface area contributed by atoms with Crippen LogP contribution in [0.15, 0.2) is 41.3 Å². The average Bonchev–Trinajstić information content (AvgIpc) is 2.47. The van der Waals surface area contributed by atoms with Crippen LogP contribution in [0.5, 0.6) is 0 Å². The molecule has 0 radical (unpaired) electrons. The van der Waals surface area contributed by atoms with Gasteiger partial charge in [-0.3, -0.25) is 9.59 Å². The molecule has 1 aliphatic carbocycles. The monoisotopic (exact) mass is 283 g/mol. The molecule has 0 aliphatic heterocycles. The normalized spacial score (nSPS) is 17.0. The van der Waals surface area contributed by atoms with Crippen LogP contribution in [-0.4, -0.2) is 10.9 Å². The maximum Gasteiger partial charge on any atom is 0.252 e. The number of nitrogens with two attached hydrogens (primary N) is 1. The highest BCUT2D eigenvalue weighted by atomic mass is 16.2. The minimum absolute atomic E-state index is 0.0267. The van der Waals surface area contributed by atoms with E-state index in [1.54, 1.807) is 6.07 Å². The molecule has 0 bridgehead atoms. The van der Waals surface area contributed by atoms with Gasteiger partial charge >= 0.3 is 0 Å². The Kier molecular flexibility index (Phi) is 3.48. The molecule has 0 fully saturated rings. The standard InChI is InChI=1S/C16H17N3O2/c17-12-4-5-13-10(8-12)2-1-3-14(13)19-16(21)11-6-7-18-15(20)9-11/h4-9,14H,1-3,17H2,(H,18,20)(H,19,21). The van der Waals surface area contributed by atoms with Crippen molar-refractivity contribution in [2.75, 3.05) is 5.73 Å². The van der Waals surface area contributed by atoms with Gasteiger partial charge in [0.1, 0.15) is 0 Å². The van der Waals surface area contributed by atoms with Crippen molar-refractivity contribution in [2.24, 2.45) is 0 Å². The molecule has 21 heavy (non-hydrogen) atoms. The summed E-state index contributed by atoms with van der Waals surface area (Å²) in [7, 11) is 0. The predicted octanol–water partition coefficient (Wildman–Crippen LogP) is 1.76. The van der Waals surface area contributed by atoms with E-state index in [1.165, 1.54) is 17.8 Å². The van der Waals surface area contributed by atoms with E-state index in [0.717, 1.165) is 30.5 Å². The number of aryl methyl sites for hydroxylation is 1. The van der Waals surface area contributed by atoms with Crippen molar-refractivity contribution in [3.8, 4) is 0 Å². The summed E-state index contributed by atoms with van der Waals surface area (Å²) in [5, 5.41) is 3.01. The molecular weight excluding hydrogens is 266 g/mol. The fraction of sp³-hybridized carbons (Fsp3) is 0.250. The molecule has 1 aromatic heterocycles. The van der Waals surface area contributed by atoms with Crippen LogP contribution >= 0.6 is 0 Å². The maximum atomic E-state index is 12.3. The number of rotatable bonds is 2. The quantitative estimate of drug-likeness (QED) is 0.734. The van der Waals surface area contributed by atoms with Gasteiger partial charge in [-0.05, 0) is 48.6 Å². The summed E-state index contributed by atoms with van der Waals surface area (Å²) >= 11 is 0. The maximum absolute atomic E-state index is 12.3. The Labute approximate surface area is 122 Å². The summed E-state index contributed by atoms with van der Waals surface area (Å²) < 4.78 is 0. The Hall–Kier alpha value is -2.56. The highest BCUT2D eigenvalue weighted by Gasteiger charge is 2.22. The molecule has 0 saturated carbocycles. The lowest BCUT2D eigenvalue weighted by atomic mass is 9.87. The van der Waals surface area contributed by atoms with E-state index in [2.05, 4.69) is 10.3 Å². The number of carbonyl (C=O) groups excluding carboxylic acids is 1. The number of aromatic nitrogens is 1. The molecule has 2 aromatic rings. The molecule has 108 valence electrons. The van der Waals surface area contributed by atoms with Crippen LogP contribution in [0.3, 0.4) is 0 Å². The van der Waals surface area contributed by atoms with E-state index in [0.29, 0.717) is 5.56 Å². The van der Waals surface area contributed by atoms with Gasteiger partial charge in [0.25, 0.3) is 5.91 Å². The van der Waals surface area contributed by atoms with Crippen LogP contribution < -0.4 is 16.6 Å². The number of amides is 1. The van der Waals surface area contributed by atoms with Crippen molar-refractivity contribution < 1.29 is 4.79 Å². The number of nitrogen functional groups attached to an aromatic ring is 1. The van der Waals surface area contributed by atoms with Gasteiger partial charge in [0, 0.05) is 23.5 Å². The molecule has 5 heteroatoms. The fourth-order valence-corrected chi connectivity index (χ4v) is 2.81. The molecule has 0 saturated heterocycles. The molecule has 1 aromatic carbocycles. The van der Waals surface area contributed by atoms with E-state index in [9.17, 15) is 9.59 Å². The third-order valence-electron chi connectivity index (χ3n) is 3.82. The number of fused-ring (bicyclic) bond motifs is 1. The second kappa shape index (κ2) is 5.44. The van der Waals surface area contributed by atoms with E-state index in [1.807, 2.05) is 18.2 Å². The summed E-state index contributed by atoms with van der Waals surface area (Å²) in [6, 6.07) is 8.69. The van der Waals surface area contributed by atoms with Crippen molar-refractivity contribution >= 4 is 11.6 Å². The summed E-state index contributed by atoms with van der Waals surface area (Å²) in [6.45, 7) is 0. The van der Waals surface area contributed by atoms with Crippen LogP contribution in [0, 0.1) is 0 Å². The van der Waals surface area contributed by atoms with Gasteiger partial charge in [-0.1, -0.05) is 6.07 Å². The van der Waals surface area contributed by atoms with Gasteiger partial charge in [-0.25, -0.2) is 0 Å². The number of H-pyrrole nitrogens is 1. The van der Waals surface area contributed by atoms with E-state index < -0.39 is 0 Å². The summed E-state index contributed by atoms with van der Waals surface area (Å²) in [6.07, 6.45) is 4.37. The Morgan fingerprint density at radius 3 is 2.95 bits per heavy atom. The van der Waals surface area contributed by atoms with E-state index >= 15 is 0 Å². The predicted molar refractivity (Wildman–Crippen MR) is 81.1 cm³/mol. The molecule has 1 aliphatic rings. The van der Waals surface area contributed by atoms with E-state index in [4.69, 9.17) is 5.73 Å². The number of hydrogen-bond donors (Lipinski definition) is 3. The first kappa shape index (κ1) is 13.4. The first-order chi connectivity index (χ1) is 10.1. The number of benzene rings is 1. The lowest BCUT2D eigenvalue weighted by Crippen LogP contribution is -2.31. The molecule has 3 rings (SSSR count). The average molecular weight is 283 g/mol. The van der Waals surface area contributed by atoms with Crippen molar-refractivity contribution in [3.05, 3.63) is 63.6 Å². The van der Waals surface area contributed by atoms with Crippen LogP contribution in [0.2, 0.25) is 0 Å². The van der Waals surface area contributed by atoms with Crippen LogP contribution in [0.25, 0.3) is 0 Å². The fourth-order valence-electron chi connectivity index (χ4n) is 2.81. The zero-order valence-electron chi connectivity index (χ0n) is 11.6. The molecule has 1 heterocycles. The summed E-state index contributed by atoms with van der Waals surface area (Å²) in [4.78, 5) is 26.0. The molecule has 1 unspecified atom stereocenters. The number of hydrogen-bond acceptors (Lipinski definition) is 3. The topological polar surface area (TPSA) is 88.0 Å². The number of aromatic amines is 1. The van der Waals surface area contributed by atoms with E-state index in [-0.39, 0.29) is 17.5 Å². The second-order valence-corrected chi connectivity index (χ2v) is 5.32. The third-order valence-corrected chi connectivity index (χ3v) is 3.82. The summed E-state index contributed by atoms with van der Waals surface area (Å²) in [5.74, 6) is -0.226. The highest BCUT2D eigenvalue weighted by Crippen LogP contribution is 2.31. The molecular formula is C16H17N3O2. The second-order valence-electron chi connectivity index (χ2n) is 5.32. The first-order valence-electron chi connectivity index (χ1n) is 7.01. The zero-order chi connectivity index (χ0) is 14.8. The molecule has 1 amide bonds. The smallest absolute Gasteiger partial charge is 0.252 e. The number of nitrogens with one attached hydrogen (secondary N) is 2. The molecule has 5 nitrogen and oxygen atoms in total. The van der Waals surface area contributed by atoms with Gasteiger partial charge in [0.2, 0.25) is 5.56 Å². The number of pyridine rings is 1. The Balaban J connectivity index is 1.83. The van der Waals surface area contributed by atoms with Crippen LogP contribution in [0.4, 0.5) is 5.69 Å². The Morgan fingerprint density at radius 1 is 1.29 bits per heavy atom. The van der Waals surface area contributed by atoms with Crippen LogP contribution in [0.1, 0.15) is 40.4 Å². The Morgan fingerprint density at radius 2 is 2.14 bits per heavy atom. The number of anilines is 1. The van der Waals surface area contributed by atoms with Gasteiger partial charge in [0.05, 0.1) is 6.04 Å². The zero-order valence-corrected chi connectivity index (χ0v) is 11.6. The van der Waals surface area contributed by atoms with Gasteiger partial charge < -0.3 is 16.0 Å². The Bertz CT molecular complexity index is 736. The van der Waals surface area contributed by atoms with Gasteiger partial charge in [0.15, 0.2) is 0 Å². The van der Waals surface area contributed by atoms with Crippen molar-refractivity contribution in [1.82, 2.24) is 10.3 Å². The van der Waals surface area contributed by atoms with Crippen molar-refractivity contribution in [2.45, 2.75) is 25.3 Å². The minimum atomic E-state index is -0.278. The third kappa shape index (κ3) is 2.81. The van der Waals surface area contributed by atoms with Gasteiger partial charge in [-0.2, -0.15) is 0 Å². The molecule has 0 spiro atoms. The SMILES string of the molecule is Nc1ccc2c(c1)CCCC2NC(=O)c1cc[nH]c(=O)c1. The number of carbonyl (C=O) groups is 1. The largest absolute Gasteiger partial charge is 0.399 e. The van der Waals surface area contributed by atoms with Crippen molar-refractivity contribution in [1.29, 1.82) is 0 Å². The van der Waals surface area contributed by atoms with Crippen molar-refractivity contribution in [3.63, 3.8) is 0 Å². The molecule has 4 N–H and O–H groups in total. The molecule has 1 atom stereocenters. The summed E-state index contributed by atoms with van der Waals surface area (Å²) in [5.41, 5.74) is 8.97. The lowest BCUT2D eigenvalue weighted by Gasteiger charge is -2.26. The van der Waals surface area contributed by atoms with Gasteiger partial charge in [-0.15, -0.1) is 0 Å². The van der Waals surface area contributed by atoms with Crippen LogP contribution in [-0.2, 0) is 6.42 Å². The highest BCUT2D eigenvalue weighted by molar-refractivity contribution is 5.94. The minimum Gasteiger partial charge on any atom is -0.399 e. The first-order valence-corrected chi connectivity index (χ1v) is 7.01.